The van der Waals surface area contributed by atoms with Crippen LogP contribution in [-0.4, -0.2) is 18.0 Å². The largest absolute Gasteiger partial charge is 0.452 e. The number of rotatable bonds is 5. The van der Waals surface area contributed by atoms with Gasteiger partial charge in [0, 0.05) is 5.69 Å². The van der Waals surface area contributed by atoms with Gasteiger partial charge in [0.1, 0.15) is 0 Å². The van der Waals surface area contributed by atoms with Gasteiger partial charge in [0.15, 0.2) is 6.10 Å². The molecule has 0 unspecified atom stereocenters. The molecule has 1 heterocycles. The predicted octanol–water partition coefficient (Wildman–Crippen LogP) is 3.17. The highest BCUT2D eigenvalue weighted by Crippen LogP contribution is 2.11. The highest BCUT2D eigenvalue weighted by molar-refractivity contribution is 7.07. The Morgan fingerprint density at radius 2 is 1.95 bits per heavy atom. The van der Waals surface area contributed by atoms with Crippen molar-refractivity contribution in [3.8, 4) is 0 Å². The van der Waals surface area contributed by atoms with Crippen molar-refractivity contribution in [3.63, 3.8) is 0 Å². The molecule has 0 spiro atoms. The standard InChI is InChI=1S/C16H17NO3S/c1-11-3-5-14(6-4-11)17-16(19)12(2)20-15(18)9-13-7-8-21-10-13/h3-8,10,12H,9H2,1-2H3,(H,17,19)/t12-/m1/s1. The SMILES string of the molecule is Cc1ccc(NC(=O)[C@@H](C)OC(=O)Cc2ccsc2)cc1. The summed E-state index contributed by atoms with van der Waals surface area (Å²) in [6, 6.07) is 9.30. The summed E-state index contributed by atoms with van der Waals surface area (Å²) in [5.74, 6) is -0.738. The molecule has 1 aromatic heterocycles. The van der Waals surface area contributed by atoms with Gasteiger partial charge in [-0.1, -0.05) is 17.7 Å². The zero-order valence-corrected chi connectivity index (χ0v) is 12.8. The normalized spacial score (nSPS) is 11.7. The number of hydrogen-bond acceptors (Lipinski definition) is 4. The van der Waals surface area contributed by atoms with E-state index < -0.39 is 12.1 Å². The number of anilines is 1. The van der Waals surface area contributed by atoms with E-state index >= 15 is 0 Å². The first-order chi connectivity index (χ1) is 10.0. The van der Waals surface area contributed by atoms with Gasteiger partial charge in [-0.15, -0.1) is 0 Å². The third kappa shape index (κ3) is 4.72. The quantitative estimate of drug-likeness (QED) is 0.863. The Hall–Kier alpha value is -2.14. The summed E-state index contributed by atoms with van der Waals surface area (Å²) >= 11 is 1.52. The van der Waals surface area contributed by atoms with Crippen molar-refractivity contribution >= 4 is 28.9 Å². The Morgan fingerprint density at radius 3 is 2.57 bits per heavy atom. The Balaban J connectivity index is 1.84. The maximum Gasteiger partial charge on any atom is 0.311 e. The van der Waals surface area contributed by atoms with E-state index in [1.807, 2.05) is 48.0 Å². The smallest absolute Gasteiger partial charge is 0.311 e. The van der Waals surface area contributed by atoms with Crippen LogP contribution in [0.15, 0.2) is 41.1 Å². The fraction of sp³-hybridized carbons (Fsp3) is 0.250. The maximum absolute atomic E-state index is 11.9. The topological polar surface area (TPSA) is 55.4 Å². The van der Waals surface area contributed by atoms with Crippen LogP contribution < -0.4 is 5.32 Å². The highest BCUT2D eigenvalue weighted by Gasteiger charge is 2.18. The van der Waals surface area contributed by atoms with Gasteiger partial charge >= 0.3 is 5.97 Å². The lowest BCUT2D eigenvalue weighted by atomic mass is 10.2. The second-order valence-corrected chi connectivity index (χ2v) is 5.58. The van der Waals surface area contributed by atoms with Crippen LogP contribution in [-0.2, 0) is 20.7 Å². The van der Waals surface area contributed by atoms with Crippen molar-refractivity contribution in [3.05, 3.63) is 52.2 Å². The van der Waals surface area contributed by atoms with Gasteiger partial charge in [-0.25, -0.2) is 0 Å². The number of hydrogen-bond donors (Lipinski definition) is 1. The van der Waals surface area contributed by atoms with Gasteiger partial charge in [-0.05, 0) is 48.4 Å². The lowest BCUT2D eigenvalue weighted by Crippen LogP contribution is -2.30. The van der Waals surface area contributed by atoms with E-state index in [0.29, 0.717) is 5.69 Å². The molecule has 1 aromatic carbocycles. The van der Waals surface area contributed by atoms with Crippen molar-refractivity contribution in [2.24, 2.45) is 0 Å². The number of ether oxygens (including phenoxy) is 1. The summed E-state index contributed by atoms with van der Waals surface area (Å²) in [4.78, 5) is 23.7. The Labute approximate surface area is 127 Å². The lowest BCUT2D eigenvalue weighted by molar-refractivity contribution is -0.152. The van der Waals surface area contributed by atoms with Crippen molar-refractivity contribution in [1.29, 1.82) is 0 Å². The molecule has 4 nitrogen and oxygen atoms in total. The molecular weight excluding hydrogens is 286 g/mol. The van der Waals surface area contributed by atoms with Crippen LogP contribution in [0.1, 0.15) is 18.1 Å². The van der Waals surface area contributed by atoms with Crippen LogP contribution in [0, 0.1) is 6.92 Å². The molecule has 2 rings (SSSR count). The lowest BCUT2D eigenvalue weighted by Gasteiger charge is -2.13. The van der Waals surface area contributed by atoms with Crippen LogP contribution in [0.4, 0.5) is 5.69 Å². The van der Waals surface area contributed by atoms with Gasteiger partial charge < -0.3 is 10.1 Å². The minimum Gasteiger partial charge on any atom is -0.452 e. The third-order valence-electron chi connectivity index (χ3n) is 2.93. The predicted molar refractivity (Wildman–Crippen MR) is 83.4 cm³/mol. The van der Waals surface area contributed by atoms with E-state index in [9.17, 15) is 9.59 Å². The number of nitrogens with one attached hydrogen (secondary N) is 1. The van der Waals surface area contributed by atoms with Crippen molar-refractivity contribution in [2.45, 2.75) is 26.4 Å². The number of aryl methyl sites for hydroxylation is 1. The number of benzene rings is 1. The highest BCUT2D eigenvalue weighted by atomic mass is 32.1. The number of amides is 1. The van der Waals surface area contributed by atoms with E-state index in [2.05, 4.69) is 5.32 Å². The van der Waals surface area contributed by atoms with Crippen LogP contribution >= 0.6 is 11.3 Å². The average Bonchev–Trinajstić information content (AvgIpc) is 2.94. The summed E-state index contributed by atoms with van der Waals surface area (Å²) < 4.78 is 5.14. The number of carbonyl (C=O) groups is 2. The number of thiophene rings is 1. The molecule has 0 aliphatic rings. The molecular formula is C16H17NO3S. The fourth-order valence-electron chi connectivity index (χ4n) is 1.73. The van der Waals surface area contributed by atoms with Crippen LogP contribution in [0.25, 0.3) is 0 Å². The zero-order valence-electron chi connectivity index (χ0n) is 12.0. The number of carbonyl (C=O) groups excluding carboxylic acids is 2. The van der Waals surface area contributed by atoms with Gasteiger partial charge in [-0.3, -0.25) is 9.59 Å². The van der Waals surface area contributed by atoms with Gasteiger partial charge in [-0.2, -0.15) is 11.3 Å². The number of esters is 1. The molecule has 1 amide bonds. The molecule has 5 heteroatoms. The fourth-order valence-corrected chi connectivity index (χ4v) is 2.40. The molecule has 0 saturated heterocycles. The van der Waals surface area contributed by atoms with Crippen molar-refractivity contribution in [2.75, 3.05) is 5.32 Å². The van der Waals surface area contributed by atoms with E-state index in [1.165, 1.54) is 11.3 Å². The van der Waals surface area contributed by atoms with E-state index in [4.69, 9.17) is 4.74 Å². The van der Waals surface area contributed by atoms with Gasteiger partial charge in [0.25, 0.3) is 5.91 Å². The van der Waals surface area contributed by atoms with Crippen LogP contribution in [0.2, 0.25) is 0 Å². The molecule has 0 aliphatic heterocycles. The zero-order chi connectivity index (χ0) is 15.2. The third-order valence-corrected chi connectivity index (χ3v) is 3.66. The molecule has 1 atom stereocenters. The minimum absolute atomic E-state index is 0.186. The van der Waals surface area contributed by atoms with E-state index in [0.717, 1.165) is 11.1 Å². The first kappa shape index (κ1) is 15.3. The second-order valence-electron chi connectivity index (χ2n) is 4.80. The van der Waals surface area contributed by atoms with Crippen LogP contribution in [0.3, 0.4) is 0 Å². The van der Waals surface area contributed by atoms with Gasteiger partial charge in [0.2, 0.25) is 0 Å². The molecule has 0 radical (unpaired) electrons. The van der Waals surface area contributed by atoms with Gasteiger partial charge in [0.05, 0.1) is 6.42 Å². The summed E-state index contributed by atoms with van der Waals surface area (Å²) in [5, 5.41) is 6.51. The minimum atomic E-state index is -0.822. The molecule has 0 fully saturated rings. The monoisotopic (exact) mass is 303 g/mol. The molecule has 110 valence electrons. The first-order valence-corrected chi connectivity index (χ1v) is 7.57. The van der Waals surface area contributed by atoms with Crippen LogP contribution in [0.5, 0.6) is 0 Å². The molecule has 21 heavy (non-hydrogen) atoms. The summed E-state index contributed by atoms with van der Waals surface area (Å²) in [6.07, 6.45) is -0.636. The molecule has 0 bridgehead atoms. The summed E-state index contributed by atoms with van der Waals surface area (Å²) in [5.41, 5.74) is 2.70. The summed E-state index contributed by atoms with van der Waals surface area (Å²) in [7, 11) is 0. The summed E-state index contributed by atoms with van der Waals surface area (Å²) in [6.45, 7) is 3.54. The van der Waals surface area contributed by atoms with Crippen molar-refractivity contribution in [1.82, 2.24) is 0 Å². The Morgan fingerprint density at radius 1 is 1.24 bits per heavy atom. The molecule has 2 aromatic rings. The van der Waals surface area contributed by atoms with E-state index in [-0.39, 0.29) is 12.3 Å². The Bertz CT molecular complexity index is 605. The molecule has 0 aliphatic carbocycles. The maximum atomic E-state index is 11.9. The first-order valence-electron chi connectivity index (χ1n) is 6.62. The van der Waals surface area contributed by atoms with E-state index in [1.54, 1.807) is 6.92 Å². The average molecular weight is 303 g/mol. The second kappa shape index (κ2) is 7.04. The Kier molecular flexibility index (Phi) is 5.11. The molecule has 0 saturated carbocycles. The van der Waals surface area contributed by atoms with Crippen molar-refractivity contribution < 1.29 is 14.3 Å². The molecule has 1 N–H and O–H groups in total.